The molecule has 19 heavy (non-hydrogen) atoms. The maximum Gasteiger partial charge on any atom is 0.418 e. The third kappa shape index (κ3) is 2.90. The summed E-state index contributed by atoms with van der Waals surface area (Å²) < 4.78 is 51.6. The van der Waals surface area contributed by atoms with E-state index in [0.717, 1.165) is 12.1 Å². The van der Waals surface area contributed by atoms with Gasteiger partial charge in [0.05, 0.1) is 17.3 Å². The maximum atomic E-state index is 13.1. The number of aromatic nitrogens is 1. The average molecular weight is 270 g/mol. The lowest BCUT2D eigenvalue weighted by atomic mass is 10.00. The van der Waals surface area contributed by atoms with Crippen LogP contribution in [0, 0.1) is 5.82 Å². The smallest absolute Gasteiger partial charge is 0.319 e. The summed E-state index contributed by atoms with van der Waals surface area (Å²) in [4.78, 5) is 3.68. The van der Waals surface area contributed by atoms with Crippen LogP contribution in [0.25, 0.3) is 0 Å². The number of benzene rings is 1. The molecule has 0 aliphatic carbocycles. The summed E-state index contributed by atoms with van der Waals surface area (Å²) in [7, 11) is 0. The third-order valence-corrected chi connectivity index (χ3v) is 2.65. The Balaban J connectivity index is 2.48. The summed E-state index contributed by atoms with van der Waals surface area (Å²) in [5.41, 5.74) is 4.76. The molecule has 2 aromatic rings. The number of pyridine rings is 1. The first kappa shape index (κ1) is 13.5. The number of rotatable bonds is 2. The van der Waals surface area contributed by atoms with Crippen molar-refractivity contribution in [2.75, 3.05) is 0 Å². The third-order valence-electron chi connectivity index (χ3n) is 2.65. The number of halogens is 4. The number of hydrogen-bond acceptors (Lipinski definition) is 2. The summed E-state index contributed by atoms with van der Waals surface area (Å²) >= 11 is 0. The lowest BCUT2D eigenvalue weighted by molar-refractivity contribution is -0.138. The molecule has 0 saturated carbocycles. The van der Waals surface area contributed by atoms with Crippen molar-refractivity contribution in [2.24, 2.45) is 5.73 Å². The Hall–Kier alpha value is -1.95. The minimum atomic E-state index is -4.55. The number of nitrogens with two attached hydrogens (primary N) is 1. The Bertz CT molecular complexity index is 581. The highest BCUT2D eigenvalue weighted by Gasteiger charge is 2.35. The molecule has 1 aromatic heterocycles. The summed E-state index contributed by atoms with van der Waals surface area (Å²) in [5, 5.41) is 0. The second-order valence-corrected chi connectivity index (χ2v) is 3.97. The fourth-order valence-electron chi connectivity index (χ4n) is 1.76. The van der Waals surface area contributed by atoms with E-state index >= 15 is 0 Å². The molecule has 1 aromatic carbocycles. The zero-order valence-corrected chi connectivity index (χ0v) is 9.66. The van der Waals surface area contributed by atoms with Gasteiger partial charge in [-0.3, -0.25) is 4.98 Å². The van der Waals surface area contributed by atoms with Gasteiger partial charge >= 0.3 is 6.18 Å². The highest BCUT2D eigenvalue weighted by atomic mass is 19.4. The highest BCUT2D eigenvalue weighted by Crippen LogP contribution is 2.34. The predicted octanol–water partition coefficient (Wildman–Crippen LogP) is 3.29. The van der Waals surface area contributed by atoms with Gasteiger partial charge in [0.15, 0.2) is 0 Å². The first-order chi connectivity index (χ1) is 8.89. The van der Waals surface area contributed by atoms with Crippen molar-refractivity contribution in [3.63, 3.8) is 0 Å². The maximum absolute atomic E-state index is 13.1. The van der Waals surface area contributed by atoms with Crippen LogP contribution in [0.3, 0.4) is 0 Å². The van der Waals surface area contributed by atoms with Gasteiger partial charge in [-0.1, -0.05) is 12.1 Å². The molecule has 2 N–H and O–H groups in total. The normalized spacial score (nSPS) is 13.3. The standard InChI is InChI=1S/C13H10F4N2/c14-9-4-1-3-8(7-9)11(18)12-10(13(15,16)17)5-2-6-19-12/h1-7,11H,18H2/t11-/m0/s1. The molecular weight excluding hydrogens is 260 g/mol. The molecule has 6 heteroatoms. The van der Waals surface area contributed by atoms with Gasteiger partial charge in [-0.2, -0.15) is 13.2 Å². The molecule has 0 unspecified atom stereocenters. The van der Waals surface area contributed by atoms with Crippen molar-refractivity contribution in [3.8, 4) is 0 Å². The molecule has 1 atom stereocenters. The molecule has 0 saturated heterocycles. The quantitative estimate of drug-likeness (QED) is 0.850. The molecular formula is C13H10F4N2. The fourth-order valence-corrected chi connectivity index (χ4v) is 1.76. The van der Waals surface area contributed by atoms with Crippen LogP contribution in [-0.2, 0) is 6.18 Å². The van der Waals surface area contributed by atoms with Gasteiger partial charge in [-0.15, -0.1) is 0 Å². The number of nitrogens with zero attached hydrogens (tertiary/aromatic N) is 1. The van der Waals surface area contributed by atoms with Crippen molar-refractivity contribution in [1.29, 1.82) is 0 Å². The molecule has 0 spiro atoms. The van der Waals surface area contributed by atoms with Crippen LogP contribution in [0.15, 0.2) is 42.6 Å². The Morgan fingerprint density at radius 2 is 1.84 bits per heavy atom. The SMILES string of the molecule is N[C@@H](c1cccc(F)c1)c1ncccc1C(F)(F)F. The van der Waals surface area contributed by atoms with Gasteiger partial charge in [0.1, 0.15) is 5.82 Å². The molecule has 2 rings (SSSR count). The molecule has 0 amide bonds. The minimum absolute atomic E-state index is 0.240. The minimum Gasteiger partial charge on any atom is -0.319 e. The van der Waals surface area contributed by atoms with Crippen molar-refractivity contribution in [1.82, 2.24) is 4.98 Å². The number of hydrogen-bond donors (Lipinski definition) is 1. The molecule has 0 radical (unpaired) electrons. The van der Waals surface area contributed by atoms with E-state index in [1.165, 1.54) is 30.5 Å². The van der Waals surface area contributed by atoms with Crippen molar-refractivity contribution in [3.05, 3.63) is 65.2 Å². The van der Waals surface area contributed by atoms with E-state index in [1.54, 1.807) is 0 Å². The molecule has 100 valence electrons. The van der Waals surface area contributed by atoms with Crippen LogP contribution in [-0.4, -0.2) is 4.98 Å². The first-order valence-electron chi connectivity index (χ1n) is 5.43. The summed E-state index contributed by atoms with van der Waals surface area (Å²) in [6.45, 7) is 0. The second-order valence-electron chi connectivity index (χ2n) is 3.97. The van der Waals surface area contributed by atoms with Crippen molar-refractivity contribution < 1.29 is 17.6 Å². The molecule has 0 fully saturated rings. The number of alkyl halides is 3. The van der Waals surface area contributed by atoms with Crippen molar-refractivity contribution >= 4 is 0 Å². The molecule has 0 aliphatic heterocycles. The van der Waals surface area contributed by atoms with Crippen LogP contribution >= 0.6 is 0 Å². The zero-order chi connectivity index (χ0) is 14.0. The van der Waals surface area contributed by atoms with Gasteiger partial charge in [-0.05, 0) is 29.8 Å². The monoisotopic (exact) mass is 270 g/mol. The molecule has 2 nitrogen and oxygen atoms in total. The second kappa shape index (κ2) is 4.97. The lowest BCUT2D eigenvalue weighted by Gasteiger charge is -2.17. The Morgan fingerprint density at radius 1 is 1.11 bits per heavy atom. The predicted molar refractivity (Wildman–Crippen MR) is 61.7 cm³/mol. The molecule has 0 aliphatic rings. The summed E-state index contributed by atoms with van der Waals surface area (Å²) in [6, 6.07) is 6.10. The van der Waals surface area contributed by atoms with Gasteiger partial charge in [0.2, 0.25) is 0 Å². The van der Waals surface area contributed by atoms with Crippen molar-refractivity contribution in [2.45, 2.75) is 12.2 Å². The van der Waals surface area contributed by atoms with E-state index in [9.17, 15) is 17.6 Å². The largest absolute Gasteiger partial charge is 0.418 e. The van der Waals surface area contributed by atoms with E-state index in [0.29, 0.717) is 0 Å². The average Bonchev–Trinajstić information content (AvgIpc) is 2.37. The molecule has 1 heterocycles. The van der Waals surface area contributed by atoms with E-state index in [4.69, 9.17) is 5.73 Å². The first-order valence-corrected chi connectivity index (χ1v) is 5.43. The highest BCUT2D eigenvalue weighted by molar-refractivity contribution is 5.34. The van der Waals surface area contributed by atoms with Crippen LogP contribution in [0.4, 0.5) is 17.6 Å². The van der Waals surface area contributed by atoms with Crippen LogP contribution < -0.4 is 5.73 Å². The van der Waals surface area contributed by atoms with E-state index < -0.39 is 23.6 Å². The fraction of sp³-hybridized carbons (Fsp3) is 0.154. The van der Waals surface area contributed by atoms with Gasteiger partial charge < -0.3 is 5.73 Å². The Kier molecular flexibility index (Phi) is 3.53. The van der Waals surface area contributed by atoms with Crippen LogP contribution in [0.1, 0.15) is 22.9 Å². The van der Waals surface area contributed by atoms with Crippen LogP contribution in [0.2, 0.25) is 0 Å². The van der Waals surface area contributed by atoms with Gasteiger partial charge in [0.25, 0.3) is 0 Å². The van der Waals surface area contributed by atoms with Crippen LogP contribution in [0.5, 0.6) is 0 Å². The Labute approximate surface area is 106 Å². The summed E-state index contributed by atoms with van der Waals surface area (Å²) in [6.07, 6.45) is -3.32. The van der Waals surface area contributed by atoms with E-state index in [1.807, 2.05) is 0 Å². The lowest BCUT2D eigenvalue weighted by Crippen LogP contribution is -2.20. The molecule has 0 bridgehead atoms. The Morgan fingerprint density at radius 3 is 2.47 bits per heavy atom. The summed E-state index contributed by atoms with van der Waals surface area (Å²) in [5.74, 6) is -0.558. The van der Waals surface area contributed by atoms with E-state index in [2.05, 4.69) is 4.98 Å². The van der Waals surface area contributed by atoms with Gasteiger partial charge in [0, 0.05) is 6.20 Å². The zero-order valence-electron chi connectivity index (χ0n) is 9.66. The van der Waals surface area contributed by atoms with E-state index in [-0.39, 0.29) is 11.3 Å². The topological polar surface area (TPSA) is 38.9 Å². The van der Waals surface area contributed by atoms with Gasteiger partial charge in [-0.25, -0.2) is 4.39 Å².